The number of carbonyl (C=O) groups is 3. The van der Waals surface area contributed by atoms with Crippen LogP contribution in [0.5, 0.6) is 5.75 Å². The van der Waals surface area contributed by atoms with Gasteiger partial charge in [0.25, 0.3) is 0 Å². The summed E-state index contributed by atoms with van der Waals surface area (Å²) in [6.45, 7) is 7.20. The van der Waals surface area contributed by atoms with Crippen LogP contribution in [0.3, 0.4) is 0 Å². The third kappa shape index (κ3) is 7.96. The van der Waals surface area contributed by atoms with E-state index in [-0.39, 0.29) is 0 Å². The molecule has 0 N–H and O–H groups in total. The molecule has 1 unspecified atom stereocenters. The predicted octanol–water partition coefficient (Wildman–Crippen LogP) is 6.58. The molecule has 3 aromatic rings. The van der Waals surface area contributed by atoms with Crippen LogP contribution in [0, 0.1) is 0 Å². The van der Waals surface area contributed by atoms with Crippen molar-refractivity contribution in [1.29, 1.82) is 0 Å². The molecule has 210 valence electrons. The van der Waals surface area contributed by atoms with Crippen molar-refractivity contribution < 1.29 is 33.3 Å². The van der Waals surface area contributed by atoms with Crippen LogP contribution in [0.25, 0.3) is 0 Å². The van der Waals surface area contributed by atoms with Crippen LogP contribution in [-0.2, 0) is 23.8 Å². The van der Waals surface area contributed by atoms with Crippen molar-refractivity contribution in [3.05, 3.63) is 108 Å². The fraction of sp³-hybridized carbons (Fsp3) is 0.281. The van der Waals surface area contributed by atoms with Gasteiger partial charge in [-0.2, -0.15) is 0 Å². The molecule has 0 fully saturated rings. The standard InChI is InChI=1S/C32H35NO7/c1-22(21-33(31(36)40-32(2,3)4)25-17-19-26(37-5)20-18-25)27(23-13-9-7-10-14-23)28(24-15-11-8-12-16-24)39-30(35)29(34)38-6/h7-21,27-28H,1-6H3/b22-21-/t27-,28?/m0/s1. The van der Waals surface area contributed by atoms with Crippen LogP contribution in [0.2, 0.25) is 0 Å². The summed E-state index contributed by atoms with van der Waals surface area (Å²) in [5, 5.41) is 0. The summed E-state index contributed by atoms with van der Waals surface area (Å²) >= 11 is 0. The molecule has 0 aliphatic heterocycles. The Morgan fingerprint density at radius 1 is 0.775 bits per heavy atom. The van der Waals surface area contributed by atoms with E-state index in [4.69, 9.17) is 14.2 Å². The second-order valence-electron chi connectivity index (χ2n) is 10.0. The number of nitrogens with zero attached hydrogens (tertiary/aromatic N) is 1. The molecule has 1 amide bonds. The molecule has 0 bridgehead atoms. The van der Waals surface area contributed by atoms with Gasteiger partial charge in [-0.25, -0.2) is 14.4 Å². The van der Waals surface area contributed by atoms with Crippen molar-refractivity contribution >= 4 is 23.7 Å². The number of hydrogen-bond donors (Lipinski definition) is 0. The molecule has 0 heterocycles. The van der Waals surface area contributed by atoms with Gasteiger partial charge in [-0.3, -0.25) is 4.90 Å². The SMILES string of the molecule is COC(=O)C(=O)OC(c1ccccc1)[C@@H](/C(C)=C\N(C(=O)OC(C)(C)C)c1ccc(OC)cc1)c1ccccc1. The summed E-state index contributed by atoms with van der Waals surface area (Å²) in [6.07, 6.45) is 0.157. The first-order valence-corrected chi connectivity index (χ1v) is 12.8. The maximum Gasteiger partial charge on any atom is 0.418 e. The van der Waals surface area contributed by atoms with Crippen LogP contribution in [-0.4, -0.2) is 37.9 Å². The number of anilines is 1. The number of rotatable bonds is 8. The highest BCUT2D eigenvalue weighted by atomic mass is 16.6. The van der Waals surface area contributed by atoms with E-state index in [0.717, 1.165) is 12.7 Å². The second-order valence-corrected chi connectivity index (χ2v) is 10.0. The van der Waals surface area contributed by atoms with Gasteiger partial charge in [0, 0.05) is 12.1 Å². The molecule has 0 aromatic heterocycles. The molecule has 0 radical (unpaired) electrons. The summed E-state index contributed by atoms with van der Waals surface area (Å²) in [4.78, 5) is 39.6. The van der Waals surface area contributed by atoms with Crippen molar-refractivity contribution in [3.8, 4) is 5.75 Å². The fourth-order valence-corrected chi connectivity index (χ4v) is 4.13. The number of methoxy groups -OCH3 is 2. The Kier molecular flexibility index (Phi) is 10.1. The lowest BCUT2D eigenvalue weighted by Gasteiger charge is -2.30. The quantitative estimate of drug-likeness (QED) is 0.179. The molecule has 0 aliphatic carbocycles. The van der Waals surface area contributed by atoms with Gasteiger partial charge in [0.05, 0.1) is 19.9 Å². The molecule has 40 heavy (non-hydrogen) atoms. The zero-order valence-corrected chi connectivity index (χ0v) is 23.6. The molecule has 8 nitrogen and oxygen atoms in total. The number of benzene rings is 3. The van der Waals surface area contributed by atoms with E-state index in [1.165, 1.54) is 4.90 Å². The monoisotopic (exact) mass is 545 g/mol. The van der Waals surface area contributed by atoms with Crippen LogP contribution in [0.15, 0.2) is 96.7 Å². The van der Waals surface area contributed by atoms with E-state index in [0.29, 0.717) is 22.6 Å². The average Bonchev–Trinajstić information content (AvgIpc) is 2.95. The minimum atomic E-state index is -1.12. The predicted molar refractivity (Wildman–Crippen MR) is 152 cm³/mol. The molecule has 0 spiro atoms. The Hall–Kier alpha value is -4.59. The molecular weight excluding hydrogens is 510 g/mol. The lowest BCUT2D eigenvalue weighted by molar-refractivity contribution is -0.170. The Bertz CT molecular complexity index is 1310. The molecule has 2 atom stereocenters. The fourth-order valence-electron chi connectivity index (χ4n) is 4.13. The van der Waals surface area contributed by atoms with E-state index in [1.54, 1.807) is 58.3 Å². The van der Waals surface area contributed by atoms with Crippen LogP contribution in [0.4, 0.5) is 10.5 Å². The Labute approximate surface area is 235 Å². The highest BCUT2D eigenvalue weighted by molar-refractivity contribution is 6.29. The van der Waals surface area contributed by atoms with Gasteiger partial charge in [-0.1, -0.05) is 60.7 Å². The van der Waals surface area contributed by atoms with Crippen molar-refractivity contribution in [1.82, 2.24) is 0 Å². The molecule has 8 heteroatoms. The Balaban J connectivity index is 2.18. The number of esters is 2. The number of ether oxygens (including phenoxy) is 4. The first kappa shape index (κ1) is 30.0. The van der Waals surface area contributed by atoms with Gasteiger partial charge in [-0.05, 0) is 68.7 Å². The van der Waals surface area contributed by atoms with Crippen molar-refractivity contribution in [3.63, 3.8) is 0 Å². The van der Waals surface area contributed by atoms with Gasteiger partial charge in [0.1, 0.15) is 17.5 Å². The molecule has 0 saturated carbocycles. The van der Waals surface area contributed by atoms with Gasteiger partial charge in [0.2, 0.25) is 0 Å². The smallest absolute Gasteiger partial charge is 0.418 e. The first-order valence-electron chi connectivity index (χ1n) is 12.8. The topological polar surface area (TPSA) is 91.4 Å². The Morgan fingerprint density at radius 2 is 1.32 bits per heavy atom. The highest BCUT2D eigenvalue weighted by Crippen LogP contribution is 2.40. The average molecular weight is 546 g/mol. The number of hydrogen-bond acceptors (Lipinski definition) is 7. The minimum absolute atomic E-state index is 0.545. The molecule has 0 saturated heterocycles. The van der Waals surface area contributed by atoms with Crippen LogP contribution < -0.4 is 9.64 Å². The summed E-state index contributed by atoms with van der Waals surface area (Å²) in [7, 11) is 2.68. The van der Waals surface area contributed by atoms with Gasteiger partial charge >= 0.3 is 18.0 Å². The van der Waals surface area contributed by atoms with Crippen LogP contribution >= 0.6 is 0 Å². The maximum absolute atomic E-state index is 13.4. The molecule has 3 rings (SSSR count). The zero-order valence-electron chi connectivity index (χ0n) is 23.6. The molecule has 0 aliphatic rings. The largest absolute Gasteiger partial charge is 0.497 e. The van der Waals surface area contributed by atoms with E-state index in [2.05, 4.69) is 4.74 Å². The third-order valence-corrected chi connectivity index (χ3v) is 5.94. The Morgan fingerprint density at radius 3 is 1.82 bits per heavy atom. The van der Waals surface area contributed by atoms with Crippen molar-refractivity contribution in [2.75, 3.05) is 19.1 Å². The van der Waals surface area contributed by atoms with Gasteiger partial charge in [0.15, 0.2) is 0 Å². The lowest BCUT2D eigenvalue weighted by Crippen LogP contribution is -2.34. The summed E-state index contributed by atoms with van der Waals surface area (Å²) < 4.78 is 21.4. The van der Waals surface area contributed by atoms with Crippen molar-refractivity contribution in [2.24, 2.45) is 0 Å². The van der Waals surface area contributed by atoms with E-state index >= 15 is 0 Å². The van der Waals surface area contributed by atoms with Crippen LogP contribution in [0.1, 0.15) is 50.8 Å². The van der Waals surface area contributed by atoms with E-state index < -0.39 is 35.7 Å². The highest BCUT2D eigenvalue weighted by Gasteiger charge is 2.33. The maximum atomic E-state index is 13.4. The molecule has 3 aromatic carbocycles. The zero-order chi connectivity index (χ0) is 29.3. The summed E-state index contributed by atoms with van der Waals surface area (Å²) in [5.41, 5.74) is 1.94. The molecular formula is C32H35NO7. The van der Waals surface area contributed by atoms with Crippen molar-refractivity contribution in [2.45, 2.75) is 45.3 Å². The summed E-state index contributed by atoms with van der Waals surface area (Å²) in [5.74, 6) is -2.18. The van der Waals surface area contributed by atoms with E-state index in [1.807, 2.05) is 67.6 Å². The first-order chi connectivity index (χ1) is 19.0. The van der Waals surface area contributed by atoms with E-state index in [9.17, 15) is 14.4 Å². The summed E-state index contributed by atoms with van der Waals surface area (Å²) in [6, 6.07) is 25.5. The normalized spacial score (nSPS) is 13.0. The lowest BCUT2D eigenvalue weighted by atomic mass is 9.84. The second kappa shape index (κ2) is 13.5. The minimum Gasteiger partial charge on any atom is -0.497 e. The number of carbonyl (C=O) groups excluding carboxylic acids is 3. The van der Waals surface area contributed by atoms with Gasteiger partial charge in [-0.15, -0.1) is 0 Å². The third-order valence-electron chi connectivity index (χ3n) is 5.94. The van der Waals surface area contributed by atoms with Gasteiger partial charge < -0.3 is 18.9 Å². The number of amides is 1.